The van der Waals surface area contributed by atoms with E-state index >= 15 is 0 Å². The Bertz CT molecular complexity index is 351. The first-order valence-corrected chi connectivity index (χ1v) is 7.98. The molecule has 0 aromatic heterocycles. The summed E-state index contributed by atoms with van der Waals surface area (Å²) in [6.07, 6.45) is 3.25. The molecule has 2 amide bonds. The summed E-state index contributed by atoms with van der Waals surface area (Å²) in [5.74, 6) is -1.15. The molecule has 0 aliphatic heterocycles. The van der Waals surface area contributed by atoms with E-state index in [1.165, 1.54) is 0 Å². The molecule has 0 radical (unpaired) electrons. The van der Waals surface area contributed by atoms with Crippen molar-refractivity contribution in [2.75, 3.05) is 0 Å². The van der Waals surface area contributed by atoms with Crippen molar-refractivity contribution >= 4 is 11.8 Å². The highest BCUT2D eigenvalue weighted by Crippen LogP contribution is 2.32. The lowest BCUT2D eigenvalue weighted by Crippen LogP contribution is -2.48. The Morgan fingerprint density at radius 1 is 1.05 bits per heavy atom. The fraction of sp³-hybridized carbons (Fsp3) is 0.882. The van der Waals surface area contributed by atoms with Crippen LogP contribution in [0.2, 0.25) is 0 Å². The molecular weight excluding hydrogens is 264 g/mol. The van der Waals surface area contributed by atoms with E-state index < -0.39 is 0 Å². The van der Waals surface area contributed by atoms with Gasteiger partial charge in [0.05, 0.1) is 0 Å². The van der Waals surface area contributed by atoms with Gasteiger partial charge in [-0.05, 0) is 39.0 Å². The van der Waals surface area contributed by atoms with Crippen molar-refractivity contribution < 1.29 is 9.59 Å². The smallest absolute Gasteiger partial charge is 0.224 e. The minimum atomic E-state index is -0.383. The maximum Gasteiger partial charge on any atom is 0.224 e. The standard InChI is InChI=1S/C17H34N2O2/c1-8-9-10-12(14(18)20)13(11-16(2,3)4)15(21)19-17(5,6)7/h12-13H,8-11H2,1-7H3,(H2,18,20)(H,19,21). The van der Waals surface area contributed by atoms with E-state index in [2.05, 4.69) is 33.0 Å². The summed E-state index contributed by atoms with van der Waals surface area (Å²) in [4.78, 5) is 24.5. The predicted octanol–water partition coefficient (Wildman–Crippen LogP) is 3.25. The van der Waals surface area contributed by atoms with Gasteiger partial charge in [0, 0.05) is 17.4 Å². The van der Waals surface area contributed by atoms with Gasteiger partial charge in [-0.15, -0.1) is 0 Å². The second-order valence-electron chi connectivity index (χ2n) is 8.26. The molecule has 2 unspecified atom stereocenters. The fourth-order valence-corrected chi connectivity index (χ4v) is 2.51. The molecular formula is C17H34N2O2. The molecule has 4 heteroatoms. The Morgan fingerprint density at radius 3 is 1.90 bits per heavy atom. The Morgan fingerprint density at radius 2 is 1.57 bits per heavy atom. The van der Waals surface area contributed by atoms with Crippen molar-refractivity contribution in [3.63, 3.8) is 0 Å². The Balaban J connectivity index is 5.26. The van der Waals surface area contributed by atoms with Gasteiger partial charge >= 0.3 is 0 Å². The second kappa shape index (κ2) is 7.81. The van der Waals surface area contributed by atoms with Crippen LogP contribution < -0.4 is 11.1 Å². The number of nitrogens with one attached hydrogen (secondary N) is 1. The van der Waals surface area contributed by atoms with Crippen molar-refractivity contribution in [2.45, 2.75) is 79.7 Å². The lowest BCUT2D eigenvalue weighted by molar-refractivity contribution is -0.135. The zero-order valence-electron chi connectivity index (χ0n) is 14.9. The number of carbonyl (C=O) groups excluding carboxylic acids is 2. The number of amides is 2. The van der Waals surface area contributed by atoms with Gasteiger partial charge in [0.2, 0.25) is 11.8 Å². The molecule has 0 aromatic carbocycles. The highest BCUT2D eigenvalue weighted by atomic mass is 16.2. The lowest BCUT2D eigenvalue weighted by atomic mass is 9.75. The van der Waals surface area contributed by atoms with Crippen molar-refractivity contribution in [1.82, 2.24) is 5.32 Å². The molecule has 124 valence electrons. The first-order chi connectivity index (χ1) is 9.37. The molecule has 0 bridgehead atoms. The minimum absolute atomic E-state index is 0.0280. The molecule has 0 saturated carbocycles. The third-order valence-electron chi connectivity index (χ3n) is 3.39. The van der Waals surface area contributed by atoms with Crippen LogP contribution in [0.25, 0.3) is 0 Å². The summed E-state index contributed by atoms with van der Waals surface area (Å²) < 4.78 is 0. The van der Waals surface area contributed by atoms with Crippen LogP contribution in [0.4, 0.5) is 0 Å². The topological polar surface area (TPSA) is 72.2 Å². The van der Waals surface area contributed by atoms with Gasteiger partial charge in [-0.3, -0.25) is 9.59 Å². The molecule has 0 aliphatic carbocycles. The third-order valence-corrected chi connectivity index (χ3v) is 3.39. The van der Waals surface area contributed by atoms with Crippen LogP contribution in [0.1, 0.15) is 74.1 Å². The summed E-state index contributed by atoms with van der Waals surface area (Å²) in [5.41, 5.74) is 5.25. The molecule has 3 N–H and O–H groups in total. The summed E-state index contributed by atoms with van der Waals surface area (Å²) in [6, 6.07) is 0. The monoisotopic (exact) mass is 298 g/mol. The second-order valence-corrected chi connectivity index (χ2v) is 8.26. The van der Waals surface area contributed by atoms with Gasteiger partial charge in [0.25, 0.3) is 0 Å². The zero-order valence-corrected chi connectivity index (χ0v) is 14.9. The van der Waals surface area contributed by atoms with Crippen molar-refractivity contribution in [3.05, 3.63) is 0 Å². The molecule has 0 aromatic rings. The lowest BCUT2D eigenvalue weighted by Gasteiger charge is -2.32. The molecule has 21 heavy (non-hydrogen) atoms. The summed E-state index contributed by atoms with van der Waals surface area (Å²) in [5, 5.41) is 3.01. The van der Waals surface area contributed by atoms with Crippen LogP contribution in [0, 0.1) is 17.3 Å². The van der Waals surface area contributed by atoms with Gasteiger partial charge in [0.1, 0.15) is 0 Å². The van der Waals surface area contributed by atoms with Crippen molar-refractivity contribution in [1.29, 1.82) is 0 Å². The highest BCUT2D eigenvalue weighted by molar-refractivity contribution is 5.87. The number of hydrogen-bond donors (Lipinski definition) is 2. The number of hydrogen-bond acceptors (Lipinski definition) is 2. The van der Waals surface area contributed by atoms with Crippen LogP contribution >= 0.6 is 0 Å². The van der Waals surface area contributed by atoms with Crippen LogP contribution in [-0.4, -0.2) is 17.4 Å². The van der Waals surface area contributed by atoms with Gasteiger partial charge in [-0.1, -0.05) is 40.5 Å². The van der Waals surface area contributed by atoms with Crippen molar-refractivity contribution in [3.8, 4) is 0 Å². The molecule has 2 atom stereocenters. The van der Waals surface area contributed by atoms with E-state index in [1.807, 2.05) is 20.8 Å². The number of rotatable bonds is 7. The predicted molar refractivity (Wildman–Crippen MR) is 87.7 cm³/mol. The maximum absolute atomic E-state index is 12.6. The molecule has 0 heterocycles. The van der Waals surface area contributed by atoms with Crippen LogP contribution in [0.5, 0.6) is 0 Å². The summed E-state index contributed by atoms with van der Waals surface area (Å²) in [6.45, 7) is 14.2. The molecule has 0 aliphatic rings. The Kier molecular flexibility index (Phi) is 7.41. The highest BCUT2D eigenvalue weighted by Gasteiger charge is 2.36. The fourth-order valence-electron chi connectivity index (χ4n) is 2.51. The molecule has 0 rings (SSSR count). The molecule has 0 spiro atoms. The molecule has 4 nitrogen and oxygen atoms in total. The maximum atomic E-state index is 12.6. The Labute approximate surface area is 130 Å². The quantitative estimate of drug-likeness (QED) is 0.757. The van der Waals surface area contributed by atoms with Crippen LogP contribution in [0.15, 0.2) is 0 Å². The SMILES string of the molecule is CCCCC(C(N)=O)C(CC(C)(C)C)C(=O)NC(C)(C)C. The van der Waals surface area contributed by atoms with E-state index in [0.29, 0.717) is 12.8 Å². The first-order valence-electron chi connectivity index (χ1n) is 7.98. The van der Waals surface area contributed by atoms with E-state index in [-0.39, 0.29) is 34.6 Å². The molecule has 0 fully saturated rings. The van der Waals surface area contributed by atoms with Crippen LogP contribution in [0.3, 0.4) is 0 Å². The van der Waals surface area contributed by atoms with Gasteiger partial charge < -0.3 is 11.1 Å². The molecule has 0 saturated heterocycles. The van der Waals surface area contributed by atoms with Crippen LogP contribution in [-0.2, 0) is 9.59 Å². The largest absolute Gasteiger partial charge is 0.369 e. The summed E-state index contributed by atoms with van der Waals surface area (Å²) >= 11 is 0. The van der Waals surface area contributed by atoms with E-state index in [1.54, 1.807) is 0 Å². The van der Waals surface area contributed by atoms with Gasteiger partial charge in [0.15, 0.2) is 0 Å². The zero-order chi connectivity index (χ0) is 16.8. The summed E-state index contributed by atoms with van der Waals surface area (Å²) in [7, 11) is 0. The van der Waals surface area contributed by atoms with Gasteiger partial charge in [-0.25, -0.2) is 0 Å². The van der Waals surface area contributed by atoms with Gasteiger partial charge in [-0.2, -0.15) is 0 Å². The Hall–Kier alpha value is -1.06. The van der Waals surface area contributed by atoms with Crippen molar-refractivity contribution in [2.24, 2.45) is 23.0 Å². The third kappa shape index (κ3) is 8.74. The normalized spacial score (nSPS) is 15.4. The first kappa shape index (κ1) is 19.9. The van der Waals surface area contributed by atoms with E-state index in [9.17, 15) is 9.59 Å². The average molecular weight is 298 g/mol. The van der Waals surface area contributed by atoms with E-state index in [4.69, 9.17) is 5.73 Å². The number of unbranched alkanes of at least 4 members (excludes halogenated alkanes) is 1. The number of carbonyl (C=O) groups is 2. The minimum Gasteiger partial charge on any atom is -0.369 e. The average Bonchev–Trinajstić information content (AvgIpc) is 2.23. The number of nitrogens with two attached hydrogens (primary N) is 1. The number of primary amides is 1. The van der Waals surface area contributed by atoms with E-state index in [0.717, 1.165) is 12.8 Å².